The Labute approximate surface area is 362 Å². The third kappa shape index (κ3) is 8.09. The molecule has 0 atom stereocenters. The van der Waals surface area contributed by atoms with Crippen LogP contribution in [0.2, 0.25) is 0 Å². The van der Waals surface area contributed by atoms with Gasteiger partial charge in [0, 0.05) is 105 Å². The van der Waals surface area contributed by atoms with Crippen LogP contribution in [-0.4, -0.2) is 112 Å². The maximum Gasteiger partial charge on any atom is 0.246 e. The number of aryl methyl sites for hydroxylation is 1. The van der Waals surface area contributed by atoms with Crippen molar-refractivity contribution in [3.8, 4) is 5.75 Å². The number of nitrogens with zero attached hydrogens (tertiary/aromatic N) is 10. The zero-order valence-corrected chi connectivity index (χ0v) is 35.3. The van der Waals surface area contributed by atoms with Crippen molar-refractivity contribution >= 4 is 56.4 Å². The van der Waals surface area contributed by atoms with Crippen molar-refractivity contribution in [1.29, 1.82) is 0 Å². The van der Waals surface area contributed by atoms with Crippen LogP contribution in [0.4, 0.5) is 23.0 Å². The molecular formula is C49H52N10O3. The second-order valence-electron chi connectivity index (χ2n) is 16.3. The van der Waals surface area contributed by atoms with Crippen LogP contribution in [-0.2, 0) is 35.5 Å². The molecule has 0 radical (unpaired) electrons. The molecule has 6 aromatic rings. The Kier molecular flexibility index (Phi) is 11.4. The van der Waals surface area contributed by atoms with E-state index in [-0.39, 0.29) is 17.6 Å². The molecule has 0 unspecified atom stereocenters. The van der Waals surface area contributed by atoms with Crippen molar-refractivity contribution in [3.63, 3.8) is 0 Å². The van der Waals surface area contributed by atoms with E-state index >= 15 is 0 Å². The number of hydrogen-bond acceptors (Lipinski definition) is 11. The lowest BCUT2D eigenvalue weighted by Gasteiger charge is -2.37. The Bertz CT molecular complexity index is 2490. The van der Waals surface area contributed by atoms with Gasteiger partial charge in [-0.05, 0) is 60.4 Å². The van der Waals surface area contributed by atoms with E-state index in [4.69, 9.17) is 0 Å². The van der Waals surface area contributed by atoms with Gasteiger partial charge in [0.1, 0.15) is 30.0 Å². The van der Waals surface area contributed by atoms with Gasteiger partial charge in [0.25, 0.3) is 0 Å². The van der Waals surface area contributed by atoms with Gasteiger partial charge in [-0.3, -0.25) is 9.59 Å². The molecule has 1 N–H and O–H groups in total. The highest BCUT2D eigenvalue weighted by Gasteiger charge is 2.29. The molecule has 13 nitrogen and oxygen atoms in total. The Balaban J connectivity index is 0.000000158. The van der Waals surface area contributed by atoms with Crippen molar-refractivity contribution in [1.82, 2.24) is 29.7 Å². The number of aromatic nitrogens is 4. The van der Waals surface area contributed by atoms with Crippen LogP contribution in [0.3, 0.4) is 0 Å². The number of carbonyl (C=O) groups excluding carboxylic acids is 2. The molecule has 10 rings (SSSR count). The maximum absolute atomic E-state index is 11.9. The van der Waals surface area contributed by atoms with Gasteiger partial charge in [0.15, 0.2) is 0 Å². The van der Waals surface area contributed by atoms with Crippen LogP contribution >= 0.6 is 0 Å². The van der Waals surface area contributed by atoms with E-state index in [9.17, 15) is 14.7 Å². The first-order chi connectivity index (χ1) is 30.3. The molecule has 0 saturated carbocycles. The van der Waals surface area contributed by atoms with E-state index in [0.29, 0.717) is 32.7 Å². The van der Waals surface area contributed by atoms with Crippen LogP contribution < -0.4 is 19.6 Å². The van der Waals surface area contributed by atoms with Crippen LogP contribution in [0.1, 0.15) is 28.1 Å². The van der Waals surface area contributed by atoms with Gasteiger partial charge >= 0.3 is 0 Å². The van der Waals surface area contributed by atoms with Crippen LogP contribution in [0.5, 0.6) is 5.75 Å². The number of anilines is 4. The maximum atomic E-state index is 11.9. The molecule has 4 aliphatic rings. The van der Waals surface area contributed by atoms with E-state index in [2.05, 4.69) is 102 Å². The minimum Gasteiger partial charge on any atom is -0.508 e. The number of carbonyl (C=O) groups is 2. The Hall–Kier alpha value is -7.02. The van der Waals surface area contributed by atoms with E-state index < -0.39 is 0 Å². The summed E-state index contributed by atoms with van der Waals surface area (Å²) < 4.78 is 0. The number of piperazine rings is 2. The lowest BCUT2D eigenvalue weighted by Crippen LogP contribution is -2.49. The van der Waals surface area contributed by atoms with Gasteiger partial charge in [-0.15, -0.1) is 0 Å². The molecular weight excluding hydrogens is 777 g/mol. The number of benzene rings is 4. The summed E-state index contributed by atoms with van der Waals surface area (Å²) in [4.78, 5) is 55.2. The highest BCUT2D eigenvalue weighted by Crippen LogP contribution is 2.37. The number of rotatable bonds is 6. The predicted octanol–water partition coefficient (Wildman–Crippen LogP) is 6.07. The summed E-state index contributed by atoms with van der Waals surface area (Å²) in [5.41, 5.74) is 8.14. The molecule has 13 heteroatoms. The minimum absolute atomic E-state index is 0.00499. The number of phenolic OH excluding ortho intramolecular Hbond substituents is 1. The number of phenols is 1. The molecule has 0 spiro atoms. The lowest BCUT2D eigenvalue weighted by atomic mass is 10.0. The fourth-order valence-corrected chi connectivity index (χ4v) is 9.40. The molecule has 2 amide bonds. The first kappa shape index (κ1) is 40.4. The average molecular weight is 829 g/mol. The standard InChI is InChI=1S/C25H27N5O.C24H25N5O2/c1-3-24(31)28-10-12-29(13-11-28)25-21-8-9-30(16-22(21)26-17-27-25)23-15-18(2)14-19-6-4-5-7-20(19)23;1-2-23(31)27-9-11-28(12-10-27)24-20-7-8-29(15-21(20)25-16-26-24)22-14-18(30)13-17-5-3-4-6-19(17)22/h3-7,14-15,17H,1,8-13,16H2,2H3;2-6,13-14,16,30H,1,7-12,15H2. The lowest BCUT2D eigenvalue weighted by molar-refractivity contribution is -0.127. The summed E-state index contributed by atoms with van der Waals surface area (Å²) in [7, 11) is 0. The van der Waals surface area contributed by atoms with Crippen LogP contribution in [0.25, 0.3) is 21.5 Å². The third-order valence-electron chi connectivity index (χ3n) is 12.6. The quantitative estimate of drug-likeness (QED) is 0.197. The highest BCUT2D eigenvalue weighted by atomic mass is 16.3. The number of amides is 2. The van der Waals surface area contributed by atoms with Gasteiger partial charge in [-0.25, -0.2) is 19.9 Å². The topological polar surface area (TPSA) is 125 Å². The smallest absolute Gasteiger partial charge is 0.246 e. The molecule has 4 aliphatic heterocycles. The molecule has 62 heavy (non-hydrogen) atoms. The Morgan fingerprint density at radius 1 is 0.565 bits per heavy atom. The minimum atomic E-state index is -0.0154. The van der Waals surface area contributed by atoms with E-state index in [1.54, 1.807) is 18.7 Å². The molecule has 2 saturated heterocycles. The van der Waals surface area contributed by atoms with Gasteiger partial charge in [0.05, 0.1) is 24.5 Å². The summed E-state index contributed by atoms with van der Waals surface area (Å²) in [5.74, 6) is 2.28. The van der Waals surface area contributed by atoms with E-state index in [1.165, 1.54) is 45.3 Å². The fraction of sp³-hybridized carbons (Fsp3) is 0.306. The average Bonchev–Trinajstić information content (AvgIpc) is 3.32. The number of aromatic hydroxyl groups is 1. The van der Waals surface area contributed by atoms with Gasteiger partial charge in [-0.1, -0.05) is 67.8 Å². The molecule has 6 heterocycles. The van der Waals surface area contributed by atoms with Crippen molar-refractivity contribution in [2.75, 3.05) is 85.0 Å². The van der Waals surface area contributed by atoms with Crippen molar-refractivity contribution < 1.29 is 14.7 Å². The summed E-state index contributed by atoms with van der Waals surface area (Å²) in [5, 5.41) is 15.0. The molecule has 2 aromatic heterocycles. The normalized spacial score (nSPS) is 16.3. The van der Waals surface area contributed by atoms with Gasteiger partial charge in [-0.2, -0.15) is 0 Å². The molecule has 316 valence electrons. The SMILES string of the molecule is C=CC(=O)N1CCN(c2ncnc3c2CCN(c2cc(C)cc4ccccc24)C3)CC1.C=CC(=O)N1CCN(c2ncnc3c2CCN(c2cc(O)cc4ccccc24)C3)CC1. The zero-order chi connectivity index (χ0) is 42.7. The zero-order valence-electron chi connectivity index (χ0n) is 35.3. The first-order valence-electron chi connectivity index (χ1n) is 21.5. The van der Waals surface area contributed by atoms with Crippen LogP contribution in [0.15, 0.2) is 111 Å². The monoisotopic (exact) mass is 828 g/mol. The summed E-state index contributed by atoms with van der Waals surface area (Å²) in [6, 6.07) is 24.9. The first-order valence-corrected chi connectivity index (χ1v) is 21.5. The highest BCUT2D eigenvalue weighted by molar-refractivity contribution is 5.96. The Morgan fingerprint density at radius 3 is 1.50 bits per heavy atom. The second-order valence-corrected chi connectivity index (χ2v) is 16.3. The van der Waals surface area contributed by atoms with Gasteiger partial charge < -0.3 is 34.5 Å². The molecule has 2 fully saturated rings. The van der Waals surface area contributed by atoms with Crippen molar-refractivity contribution in [3.05, 3.63) is 139 Å². The number of hydrogen-bond donors (Lipinski definition) is 1. The van der Waals surface area contributed by atoms with Gasteiger partial charge in [0.2, 0.25) is 11.8 Å². The van der Waals surface area contributed by atoms with Crippen molar-refractivity contribution in [2.45, 2.75) is 32.9 Å². The summed E-state index contributed by atoms with van der Waals surface area (Å²) in [6.07, 6.45) is 7.85. The Morgan fingerprint density at radius 2 is 1.02 bits per heavy atom. The largest absolute Gasteiger partial charge is 0.508 e. The predicted molar refractivity (Wildman–Crippen MR) is 246 cm³/mol. The van der Waals surface area contributed by atoms with Crippen molar-refractivity contribution in [2.24, 2.45) is 0 Å². The van der Waals surface area contributed by atoms with E-state index in [1.807, 2.05) is 34.1 Å². The molecule has 0 aliphatic carbocycles. The van der Waals surface area contributed by atoms with E-state index in [0.717, 1.165) is 98.1 Å². The molecule has 0 bridgehead atoms. The molecule has 4 aromatic carbocycles. The second kappa shape index (κ2) is 17.5. The summed E-state index contributed by atoms with van der Waals surface area (Å²) in [6.45, 7) is 18.4. The fourth-order valence-electron chi connectivity index (χ4n) is 9.40. The summed E-state index contributed by atoms with van der Waals surface area (Å²) >= 11 is 0. The third-order valence-corrected chi connectivity index (χ3v) is 12.6. The van der Waals surface area contributed by atoms with Crippen LogP contribution in [0, 0.1) is 6.92 Å². The number of fused-ring (bicyclic) bond motifs is 4.